The summed E-state index contributed by atoms with van der Waals surface area (Å²) >= 11 is 0. The Hall–Kier alpha value is -3.95. The highest BCUT2D eigenvalue weighted by molar-refractivity contribution is 6.05. The van der Waals surface area contributed by atoms with E-state index in [1.54, 1.807) is 18.2 Å². The van der Waals surface area contributed by atoms with Crippen molar-refractivity contribution in [2.45, 2.75) is 12.6 Å². The summed E-state index contributed by atoms with van der Waals surface area (Å²) in [5, 5.41) is 10.0. The van der Waals surface area contributed by atoms with E-state index in [1.807, 2.05) is 0 Å². The van der Waals surface area contributed by atoms with Gasteiger partial charge >= 0.3 is 12.1 Å². The molecule has 3 heterocycles. The van der Waals surface area contributed by atoms with Crippen LogP contribution in [0.5, 0.6) is 5.75 Å². The summed E-state index contributed by atoms with van der Waals surface area (Å²) in [5.41, 5.74) is 0.166. The highest BCUT2D eigenvalue weighted by Gasteiger charge is 2.33. The van der Waals surface area contributed by atoms with E-state index in [2.05, 4.69) is 54.2 Å². The number of likely N-dealkylation sites (N-methyl/N-ethyl adjacent to an activating group) is 1. The number of ether oxygens (including phenoxy) is 1. The van der Waals surface area contributed by atoms with Crippen LogP contribution in [0, 0.1) is 11.8 Å². The lowest BCUT2D eigenvalue weighted by Gasteiger charge is -2.32. The van der Waals surface area contributed by atoms with Gasteiger partial charge in [0.2, 0.25) is 0 Å². The number of nitrogens with zero attached hydrogens (tertiary/aromatic N) is 5. The van der Waals surface area contributed by atoms with Gasteiger partial charge in [-0.05, 0) is 37.7 Å². The third-order valence-corrected chi connectivity index (χ3v) is 5.76. The molecule has 1 aliphatic heterocycles. The molecule has 0 aliphatic carbocycles. The van der Waals surface area contributed by atoms with Gasteiger partial charge in [-0.3, -0.25) is 4.79 Å². The number of aromatic nitrogens is 4. The smallest absolute Gasteiger partial charge is 0.432 e. The third-order valence-electron chi connectivity index (χ3n) is 5.76. The number of amides is 1. The van der Waals surface area contributed by atoms with Gasteiger partial charge in [-0.15, -0.1) is 0 Å². The van der Waals surface area contributed by atoms with E-state index in [0.717, 1.165) is 45.3 Å². The molecule has 0 bridgehead atoms. The SMILES string of the molecule is CN1CCN(CCCOc2ccc(-c3ncc(C(F)(F)F)[nH]3)cc2NC(=O)C#Cc2ccnnc2)CC1. The molecule has 4 rings (SSSR count). The molecule has 3 aromatic rings. The number of nitrogens with one attached hydrogen (secondary N) is 2. The summed E-state index contributed by atoms with van der Waals surface area (Å²) in [6, 6.07) is 6.29. The molecule has 1 amide bonds. The first-order chi connectivity index (χ1) is 17.8. The van der Waals surface area contributed by atoms with Crippen molar-refractivity contribution >= 4 is 11.6 Å². The molecular formula is C25H26F3N7O2. The molecule has 1 fully saturated rings. The minimum Gasteiger partial charge on any atom is -0.491 e. The molecule has 2 N–H and O–H groups in total. The monoisotopic (exact) mass is 513 g/mol. The number of imidazole rings is 1. The summed E-state index contributed by atoms with van der Waals surface area (Å²) in [6.45, 7) is 5.34. The zero-order chi connectivity index (χ0) is 26.3. The number of rotatable bonds is 7. The average Bonchev–Trinajstić information content (AvgIpc) is 3.39. The number of hydrogen-bond donors (Lipinski definition) is 2. The van der Waals surface area contributed by atoms with Gasteiger partial charge in [0.05, 0.1) is 30.9 Å². The van der Waals surface area contributed by atoms with Crippen LogP contribution in [0.15, 0.2) is 42.9 Å². The lowest BCUT2D eigenvalue weighted by atomic mass is 10.1. The number of aromatic amines is 1. The minimum absolute atomic E-state index is 0.0124. The molecule has 1 aromatic carbocycles. The van der Waals surface area contributed by atoms with E-state index in [1.165, 1.54) is 18.5 Å². The van der Waals surface area contributed by atoms with Gasteiger partial charge in [-0.1, -0.05) is 5.92 Å². The van der Waals surface area contributed by atoms with Crippen molar-refractivity contribution in [3.05, 3.63) is 54.1 Å². The van der Waals surface area contributed by atoms with Crippen LogP contribution in [0.4, 0.5) is 18.9 Å². The first kappa shape index (κ1) is 26.1. The number of piperazine rings is 1. The second-order valence-corrected chi connectivity index (χ2v) is 8.54. The Bertz CT molecular complexity index is 1260. The molecule has 2 aromatic heterocycles. The zero-order valence-corrected chi connectivity index (χ0v) is 20.2. The van der Waals surface area contributed by atoms with Gasteiger partial charge in [0, 0.05) is 49.8 Å². The van der Waals surface area contributed by atoms with Crippen molar-refractivity contribution in [1.82, 2.24) is 30.0 Å². The van der Waals surface area contributed by atoms with E-state index in [9.17, 15) is 18.0 Å². The predicted molar refractivity (Wildman–Crippen MR) is 131 cm³/mol. The number of H-pyrrole nitrogens is 1. The van der Waals surface area contributed by atoms with Gasteiger partial charge < -0.3 is 24.8 Å². The molecule has 0 unspecified atom stereocenters. The molecular weight excluding hydrogens is 487 g/mol. The second kappa shape index (κ2) is 11.9. The molecule has 12 heteroatoms. The molecule has 0 saturated carbocycles. The van der Waals surface area contributed by atoms with E-state index in [0.29, 0.717) is 23.5 Å². The van der Waals surface area contributed by atoms with Crippen molar-refractivity contribution in [1.29, 1.82) is 0 Å². The van der Waals surface area contributed by atoms with Gasteiger partial charge in [0.1, 0.15) is 17.3 Å². The molecule has 1 saturated heterocycles. The molecule has 0 spiro atoms. The van der Waals surface area contributed by atoms with Gasteiger partial charge in [0.15, 0.2) is 0 Å². The van der Waals surface area contributed by atoms with Gasteiger partial charge in [0.25, 0.3) is 0 Å². The lowest BCUT2D eigenvalue weighted by Crippen LogP contribution is -2.44. The van der Waals surface area contributed by atoms with Gasteiger partial charge in [-0.25, -0.2) is 4.98 Å². The molecule has 0 atom stereocenters. The fraction of sp³-hybridized carbons (Fsp3) is 0.360. The molecule has 0 radical (unpaired) electrons. The Labute approximate surface area is 212 Å². The topological polar surface area (TPSA) is 99.3 Å². The third kappa shape index (κ3) is 7.52. The van der Waals surface area contributed by atoms with Crippen molar-refractivity contribution in [2.24, 2.45) is 0 Å². The van der Waals surface area contributed by atoms with E-state index in [-0.39, 0.29) is 11.5 Å². The number of carbonyl (C=O) groups excluding carboxylic acids is 1. The molecule has 9 nitrogen and oxygen atoms in total. The number of anilines is 1. The average molecular weight is 514 g/mol. The van der Waals surface area contributed by atoms with Crippen molar-refractivity contribution in [2.75, 3.05) is 51.7 Å². The van der Waals surface area contributed by atoms with Crippen molar-refractivity contribution in [3.8, 4) is 29.0 Å². The van der Waals surface area contributed by atoms with Crippen molar-refractivity contribution < 1.29 is 22.7 Å². The van der Waals surface area contributed by atoms with E-state index in [4.69, 9.17) is 4.74 Å². The summed E-state index contributed by atoms with van der Waals surface area (Å²) in [4.78, 5) is 23.3. The fourth-order valence-corrected chi connectivity index (χ4v) is 3.70. The molecule has 194 valence electrons. The highest BCUT2D eigenvalue weighted by atomic mass is 19.4. The largest absolute Gasteiger partial charge is 0.491 e. The number of halogens is 3. The first-order valence-corrected chi connectivity index (χ1v) is 11.7. The van der Waals surface area contributed by atoms with E-state index >= 15 is 0 Å². The maximum atomic E-state index is 13.0. The van der Waals surface area contributed by atoms with Crippen LogP contribution in [0.2, 0.25) is 0 Å². The number of carbonyl (C=O) groups is 1. The minimum atomic E-state index is -4.55. The number of hydrogen-bond acceptors (Lipinski definition) is 7. The normalized spacial score (nSPS) is 14.6. The van der Waals surface area contributed by atoms with Crippen LogP contribution in [-0.2, 0) is 11.0 Å². The van der Waals surface area contributed by atoms with Gasteiger partial charge in [-0.2, -0.15) is 23.4 Å². The Morgan fingerprint density at radius 3 is 2.68 bits per heavy atom. The van der Waals surface area contributed by atoms with Crippen LogP contribution in [0.25, 0.3) is 11.4 Å². The lowest BCUT2D eigenvalue weighted by molar-refractivity contribution is -0.140. The maximum absolute atomic E-state index is 13.0. The van der Waals surface area contributed by atoms with Crippen LogP contribution < -0.4 is 10.1 Å². The Morgan fingerprint density at radius 2 is 1.97 bits per heavy atom. The highest BCUT2D eigenvalue weighted by Crippen LogP contribution is 2.33. The number of benzene rings is 1. The number of alkyl halides is 3. The Balaban J connectivity index is 1.47. The van der Waals surface area contributed by atoms with E-state index < -0.39 is 17.8 Å². The maximum Gasteiger partial charge on any atom is 0.432 e. The van der Waals surface area contributed by atoms with Crippen molar-refractivity contribution in [3.63, 3.8) is 0 Å². The fourth-order valence-electron chi connectivity index (χ4n) is 3.70. The Morgan fingerprint density at radius 1 is 1.16 bits per heavy atom. The van der Waals surface area contributed by atoms with Crippen LogP contribution >= 0.6 is 0 Å². The summed E-state index contributed by atoms with van der Waals surface area (Å²) in [5.74, 6) is 4.92. The molecule has 37 heavy (non-hydrogen) atoms. The second-order valence-electron chi connectivity index (χ2n) is 8.54. The standard InChI is InChI=1S/C25H26F3N7O2/c1-34-10-12-35(13-11-34)9-2-14-37-21-5-4-19(24-29-17-22(33-24)25(26,27)28)15-20(21)32-23(36)6-3-18-7-8-30-31-16-18/h4-5,7-8,15-17H,2,9-14H2,1H3,(H,29,33)(H,32,36). The predicted octanol–water partition coefficient (Wildman–Crippen LogP) is 2.89. The Kier molecular flexibility index (Phi) is 8.37. The zero-order valence-electron chi connectivity index (χ0n) is 20.2. The first-order valence-electron chi connectivity index (χ1n) is 11.7. The quantitative estimate of drug-likeness (QED) is 0.370. The summed E-state index contributed by atoms with van der Waals surface area (Å²) < 4.78 is 45.0. The van der Waals surface area contributed by atoms with Crippen LogP contribution in [0.3, 0.4) is 0 Å². The van der Waals surface area contributed by atoms with Crippen LogP contribution in [0.1, 0.15) is 17.7 Å². The van der Waals surface area contributed by atoms with Crippen LogP contribution in [-0.4, -0.2) is 82.3 Å². The summed E-state index contributed by atoms with van der Waals surface area (Å²) in [7, 11) is 2.10. The summed E-state index contributed by atoms with van der Waals surface area (Å²) in [6.07, 6.45) is -0.166. The molecule has 1 aliphatic rings.